The molecule has 2 heteroatoms. The fraction of sp³-hybridized carbons (Fsp3) is 0.333. The molecule has 0 fully saturated rings. The van der Waals surface area contributed by atoms with Gasteiger partial charge in [0, 0.05) is 12.1 Å². The number of hydrogen-bond donors (Lipinski definition) is 1. The van der Waals surface area contributed by atoms with Gasteiger partial charge in [-0.1, -0.05) is 18.7 Å². The summed E-state index contributed by atoms with van der Waals surface area (Å²) in [4.78, 5) is 0. The molecular formula is C9H15NO. The Balaban J connectivity index is 4.61. The molecule has 0 amide bonds. The second kappa shape index (κ2) is 5.74. The average molecular weight is 153 g/mol. The van der Waals surface area contributed by atoms with Crippen LogP contribution in [0.3, 0.4) is 0 Å². The molecule has 0 atom stereocenters. The van der Waals surface area contributed by atoms with E-state index >= 15 is 0 Å². The fourth-order valence-corrected chi connectivity index (χ4v) is 0.797. The maximum absolute atomic E-state index is 5.47. The summed E-state index contributed by atoms with van der Waals surface area (Å²) in [6, 6.07) is 0. The van der Waals surface area contributed by atoms with Crippen molar-refractivity contribution in [3.63, 3.8) is 0 Å². The van der Waals surface area contributed by atoms with Crippen LogP contribution in [-0.4, -0.2) is 13.7 Å². The van der Waals surface area contributed by atoms with Gasteiger partial charge in [-0.25, -0.2) is 0 Å². The monoisotopic (exact) mass is 153 g/mol. The van der Waals surface area contributed by atoms with Gasteiger partial charge in [0.2, 0.25) is 0 Å². The zero-order valence-electron chi connectivity index (χ0n) is 7.13. The van der Waals surface area contributed by atoms with E-state index < -0.39 is 0 Å². The van der Waals surface area contributed by atoms with Gasteiger partial charge in [0.25, 0.3) is 0 Å². The maximum Gasteiger partial charge on any atom is 0.122 e. The SMILES string of the molecule is C=C/C(OC)=C(\C=C/C)CN. The Hall–Kier alpha value is -1.02. The van der Waals surface area contributed by atoms with Gasteiger partial charge in [-0.2, -0.15) is 0 Å². The first-order valence-corrected chi connectivity index (χ1v) is 3.52. The Morgan fingerprint density at radius 3 is 2.55 bits per heavy atom. The van der Waals surface area contributed by atoms with E-state index in [9.17, 15) is 0 Å². The highest BCUT2D eigenvalue weighted by Crippen LogP contribution is 2.06. The maximum atomic E-state index is 5.47. The number of nitrogens with two attached hydrogens (primary N) is 1. The molecule has 0 radical (unpaired) electrons. The molecule has 2 nitrogen and oxygen atoms in total. The van der Waals surface area contributed by atoms with Crippen molar-refractivity contribution >= 4 is 0 Å². The van der Waals surface area contributed by atoms with Crippen LogP contribution in [0.15, 0.2) is 36.1 Å². The smallest absolute Gasteiger partial charge is 0.122 e. The third-order valence-corrected chi connectivity index (χ3v) is 1.31. The number of hydrogen-bond acceptors (Lipinski definition) is 2. The summed E-state index contributed by atoms with van der Waals surface area (Å²) in [6.07, 6.45) is 5.49. The highest BCUT2D eigenvalue weighted by molar-refractivity contribution is 5.28. The lowest BCUT2D eigenvalue weighted by Gasteiger charge is -2.04. The number of ether oxygens (including phenoxy) is 1. The van der Waals surface area contributed by atoms with Crippen molar-refractivity contribution in [2.24, 2.45) is 5.73 Å². The fourth-order valence-electron chi connectivity index (χ4n) is 0.797. The van der Waals surface area contributed by atoms with E-state index in [0.29, 0.717) is 6.54 Å². The topological polar surface area (TPSA) is 35.2 Å². The van der Waals surface area contributed by atoms with E-state index in [0.717, 1.165) is 11.3 Å². The van der Waals surface area contributed by atoms with Crippen molar-refractivity contribution < 1.29 is 4.74 Å². The molecule has 0 aromatic carbocycles. The Bertz CT molecular complexity index is 180. The minimum Gasteiger partial charge on any atom is -0.496 e. The zero-order chi connectivity index (χ0) is 8.69. The summed E-state index contributed by atoms with van der Waals surface area (Å²) in [5.41, 5.74) is 6.44. The van der Waals surface area contributed by atoms with Crippen LogP contribution >= 0.6 is 0 Å². The van der Waals surface area contributed by atoms with E-state index in [1.807, 2.05) is 19.1 Å². The van der Waals surface area contributed by atoms with Crippen LogP contribution in [0.4, 0.5) is 0 Å². The van der Waals surface area contributed by atoms with Crippen LogP contribution < -0.4 is 5.73 Å². The first-order chi connectivity index (χ1) is 5.29. The predicted molar refractivity (Wildman–Crippen MR) is 48.1 cm³/mol. The quantitative estimate of drug-likeness (QED) is 0.492. The molecular weight excluding hydrogens is 138 g/mol. The van der Waals surface area contributed by atoms with Crippen molar-refractivity contribution in [2.45, 2.75) is 6.92 Å². The van der Waals surface area contributed by atoms with Crippen LogP contribution in [-0.2, 0) is 4.74 Å². The Morgan fingerprint density at radius 2 is 2.27 bits per heavy atom. The van der Waals surface area contributed by atoms with Gasteiger partial charge in [0.15, 0.2) is 0 Å². The normalized spacial score (nSPS) is 13.0. The molecule has 11 heavy (non-hydrogen) atoms. The van der Waals surface area contributed by atoms with Gasteiger partial charge in [-0.3, -0.25) is 0 Å². The van der Waals surface area contributed by atoms with Crippen LogP contribution in [0.1, 0.15) is 6.92 Å². The molecule has 0 aromatic rings. The van der Waals surface area contributed by atoms with Crippen molar-refractivity contribution in [1.82, 2.24) is 0 Å². The molecule has 0 aliphatic rings. The third kappa shape index (κ3) is 3.05. The second-order valence-electron chi connectivity index (χ2n) is 2.00. The van der Waals surface area contributed by atoms with Crippen molar-refractivity contribution in [3.05, 3.63) is 36.1 Å². The molecule has 0 unspecified atom stereocenters. The first-order valence-electron chi connectivity index (χ1n) is 3.52. The minimum absolute atomic E-state index is 0.472. The summed E-state index contributed by atoms with van der Waals surface area (Å²) >= 11 is 0. The standard InChI is InChI=1S/C9H15NO/c1-4-6-8(7-10)9(5-2)11-3/h4-6H,2,7,10H2,1,3H3/b6-4-,9-8-. The molecule has 0 aliphatic carbocycles. The minimum atomic E-state index is 0.472. The van der Waals surface area contributed by atoms with Crippen LogP contribution in [0.25, 0.3) is 0 Å². The molecule has 0 saturated heterocycles. The lowest BCUT2D eigenvalue weighted by Crippen LogP contribution is -2.04. The van der Waals surface area contributed by atoms with E-state index in [1.165, 1.54) is 0 Å². The summed E-state index contributed by atoms with van der Waals surface area (Å²) in [7, 11) is 1.61. The summed E-state index contributed by atoms with van der Waals surface area (Å²) < 4.78 is 5.04. The highest BCUT2D eigenvalue weighted by Gasteiger charge is 1.96. The lowest BCUT2D eigenvalue weighted by molar-refractivity contribution is 0.303. The van der Waals surface area contributed by atoms with E-state index in [2.05, 4.69) is 6.58 Å². The van der Waals surface area contributed by atoms with Crippen LogP contribution in [0, 0.1) is 0 Å². The molecule has 0 saturated carbocycles. The Morgan fingerprint density at radius 1 is 1.64 bits per heavy atom. The van der Waals surface area contributed by atoms with Gasteiger partial charge in [-0.05, 0) is 13.0 Å². The second-order valence-corrected chi connectivity index (χ2v) is 2.00. The zero-order valence-corrected chi connectivity index (χ0v) is 7.13. The molecule has 0 spiro atoms. The largest absolute Gasteiger partial charge is 0.496 e. The summed E-state index contributed by atoms with van der Waals surface area (Å²) in [5, 5.41) is 0. The van der Waals surface area contributed by atoms with Crippen LogP contribution in [0.5, 0.6) is 0 Å². The van der Waals surface area contributed by atoms with Gasteiger partial charge in [0.05, 0.1) is 7.11 Å². The Kier molecular flexibility index (Phi) is 5.21. The number of methoxy groups -OCH3 is 1. The molecule has 0 aliphatic heterocycles. The molecule has 0 aromatic heterocycles. The van der Waals surface area contributed by atoms with Crippen molar-refractivity contribution in [1.29, 1.82) is 0 Å². The lowest BCUT2D eigenvalue weighted by atomic mass is 10.2. The Labute approximate surface area is 68.0 Å². The predicted octanol–water partition coefficient (Wildman–Crippen LogP) is 1.61. The van der Waals surface area contributed by atoms with E-state index in [4.69, 9.17) is 10.5 Å². The van der Waals surface area contributed by atoms with Gasteiger partial charge in [0.1, 0.15) is 5.76 Å². The molecule has 2 N–H and O–H groups in total. The van der Waals surface area contributed by atoms with E-state index in [-0.39, 0.29) is 0 Å². The third-order valence-electron chi connectivity index (χ3n) is 1.31. The van der Waals surface area contributed by atoms with Crippen molar-refractivity contribution in [3.8, 4) is 0 Å². The molecule has 62 valence electrons. The van der Waals surface area contributed by atoms with Gasteiger partial charge in [-0.15, -0.1) is 0 Å². The van der Waals surface area contributed by atoms with Crippen LogP contribution in [0.2, 0.25) is 0 Å². The van der Waals surface area contributed by atoms with Gasteiger partial charge < -0.3 is 10.5 Å². The van der Waals surface area contributed by atoms with E-state index in [1.54, 1.807) is 13.2 Å². The summed E-state index contributed by atoms with van der Waals surface area (Å²) in [6.45, 7) is 6.02. The molecule has 0 heterocycles. The van der Waals surface area contributed by atoms with Crippen molar-refractivity contribution in [2.75, 3.05) is 13.7 Å². The van der Waals surface area contributed by atoms with Gasteiger partial charge >= 0.3 is 0 Å². The number of allylic oxidation sites excluding steroid dienone is 2. The number of rotatable bonds is 4. The molecule has 0 rings (SSSR count). The average Bonchev–Trinajstić information content (AvgIpc) is 2.05. The summed E-state index contributed by atoms with van der Waals surface area (Å²) in [5.74, 6) is 0.741. The molecule has 0 bridgehead atoms. The first kappa shape index (κ1) is 9.98. The highest BCUT2D eigenvalue weighted by atomic mass is 16.5.